The lowest BCUT2D eigenvalue weighted by atomic mass is 10.2. The van der Waals surface area contributed by atoms with Crippen molar-refractivity contribution in [3.63, 3.8) is 0 Å². The zero-order valence-corrected chi connectivity index (χ0v) is 15.7. The van der Waals surface area contributed by atoms with Crippen LogP contribution in [0.3, 0.4) is 0 Å². The van der Waals surface area contributed by atoms with Crippen molar-refractivity contribution in [3.8, 4) is 0 Å². The highest BCUT2D eigenvalue weighted by Crippen LogP contribution is 2.18. The summed E-state index contributed by atoms with van der Waals surface area (Å²) in [5, 5.41) is 14.4. The Morgan fingerprint density at radius 2 is 2.32 bits per heavy atom. The van der Waals surface area contributed by atoms with Gasteiger partial charge in [-0.1, -0.05) is 6.07 Å². The Morgan fingerprint density at radius 1 is 1.44 bits per heavy atom. The summed E-state index contributed by atoms with van der Waals surface area (Å²) in [6, 6.07) is 5.55. The number of carbonyl (C=O) groups excluding carboxylic acids is 1. The van der Waals surface area contributed by atoms with Crippen molar-refractivity contribution >= 4 is 40.7 Å². The molecule has 0 bridgehead atoms. The maximum atomic E-state index is 12.3. The Morgan fingerprint density at radius 3 is 3.08 bits per heavy atom. The molecule has 0 saturated heterocycles. The molecule has 0 spiro atoms. The van der Waals surface area contributed by atoms with E-state index in [1.165, 1.54) is 6.08 Å². The smallest absolute Gasteiger partial charge is 0.244 e. The fraction of sp³-hybridized carbons (Fsp3) is 0.294. The van der Waals surface area contributed by atoms with Gasteiger partial charge in [0.05, 0.1) is 16.7 Å². The van der Waals surface area contributed by atoms with Gasteiger partial charge in [0.2, 0.25) is 5.91 Å². The van der Waals surface area contributed by atoms with E-state index in [9.17, 15) is 4.79 Å². The van der Waals surface area contributed by atoms with E-state index in [1.54, 1.807) is 29.2 Å². The molecular weight excluding hydrogens is 354 g/mol. The molecule has 1 N–H and O–H groups in total. The first-order valence-corrected chi connectivity index (χ1v) is 10.1. The number of amides is 1. The summed E-state index contributed by atoms with van der Waals surface area (Å²) >= 11 is 3.30. The minimum atomic E-state index is -0.195. The van der Waals surface area contributed by atoms with Crippen LogP contribution < -0.4 is 5.32 Å². The summed E-state index contributed by atoms with van der Waals surface area (Å²) in [7, 11) is 0. The molecule has 0 fully saturated rings. The van der Waals surface area contributed by atoms with Crippen LogP contribution in [-0.4, -0.2) is 37.5 Å². The fourth-order valence-electron chi connectivity index (χ4n) is 2.44. The van der Waals surface area contributed by atoms with Crippen LogP contribution in [0.1, 0.15) is 29.0 Å². The van der Waals surface area contributed by atoms with Gasteiger partial charge in [-0.15, -0.1) is 21.5 Å². The van der Waals surface area contributed by atoms with E-state index < -0.39 is 0 Å². The molecule has 8 heteroatoms. The van der Waals surface area contributed by atoms with Gasteiger partial charge < -0.3 is 5.32 Å². The van der Waals surface area contributed by atoms with Crippen molar-refractivity contribution < 1.29 is 4.79 Å². The van der Waals surface area contributed by atoms with E-state index in [2.05, 4.69) is 20.5 Å². The van der Waals surface area contributed by atoms with Gasteiger partial charge in [-0.05, 0) is 43.6 Å². The van der Waals surface area contributed by atoms with E-state index in [4.69, 9.17) is 0 Å². The zero-order chi connectivity index (χ0) is 17.6. The topological polar surface area (TPSA) is 72.2 Å². The number of rotatable bonds is 7. The Kier molecular flexibility index (Phi) is 5.83. The normalized spacial score (nSPS) is 12.7. The molecule has 130 valence electrons. The largest absolute Gasteiger partial charge is 0.342 e. The van der Waals surface area contributed by atoms with Gasteiger partial charge in [-0.25, -0.2) is 4.98 Å². The molecule has 0 aliphatic heterocycles. The molecule has 0 saturated carbocycles. The van der Waals surface area contributed by atoms with Crippen LogP contribution in [0.5, 0.6) is 0 Å². The Labute approximate surface area is 154 Å². The highest BCUT2D eigenvalue weighted by molar-refractivity contribution is 7.98. The minimum Gasteiger partial charge on any atom is -0.342 e. The molecule has 1 amide bonds. The first-order chi connectivity index (χ1) is 12.2. The van der Waals surface area contributed by atoms with Crippen LogP contribution >= 0.6 is 23.1 Å². The highest BCUT2D eigenvalue weighted by atomic mass is 32.2. The number of aryl methyl sites for hydroxylation is 1. The monoisotopic (exact) mass is 373 g/mol. The van der Waals surface area contributed by atoms with Crippen molar-refractivity contribution in [2.45, 2.75) is 19.4 Å². The van der Waals surface area contributed by atoms with Crippen LogP contribution in [0.2, 0.25) is 0 Å². The van der Waals surface area contributed by atoms with Crippen LogP contribution in [0, 0.1) is 6.92 Å². The summed E-state index contributed by atoms with van der Waals surface area (Å²) in [4.78, 5) is 16.7. The molecular formula is C17H19N5OS2. The molecule has 1 unspecified atom stereocenters. The fourth-order valence-corrected chi connectivity index (χ4v) is 3.49. The summed E-state index contributed by atoms with van der Waals surface area (Å²) in [5.74, 6) is 1.50. The Hall–Kier alpha value is -2.19. The summed E-state index contributed by atoms with van der Waals surface area (Å²) in [5.41, 5.74) is 1.57. The second-order valence-corrected chi connectivity index (χ2v) is 7.50. The average molecular weight is 374 g/mol. The SMILES string of the molecule is CSCCC(NC(=O)/C=C/c1csc(C)n1)c1nnc2ccccn12. The van der Waals surface area contributed by atoms with E-state index in [0.717, 1.165) is 34.3 Å². The molecule has 3 aromatic heterocycles. The zero-order valence-electron chi connectivity index (χ0n) is 14.0. The Bertz CT molecular complexity index is 886. The average Bonchev–Trinajstić information content (AvgIpc) is 3.23. The van der Waals surface area contributed by atoms with Crippen molar-refractivity contribution in [1.29, 1.82) is 0 Å². The lowest BCUT2D eigenvalue weighted by molar-refractivity contribution is -0.117. The van der Waals surface area contributed by atoms with E-state index in [0.29, 0.717) is 0 Å². The molecule has 6 nitrogen and oxygen atoms in total. The first kappa shape index (κ1) is 17.6. The quantitative estimate of drug-likeness (QED) is 0.644. The van der Waals surface area contributed by atoms with Crippen molar-refractivity contribution in [3.05, 3.63) is 52.4 Å². The van der Waals surface area contributed by atoms with Crippen LogP contribution in [0.15, 0.2) is 35.9 Å². The van der Waals surface area contributed by atoms with Gasteiger partial charge in [0.1, 0.15) is 0 Å². The molecule has 1 atom stereocenters. The number of nitrogens with zero attached hydrogens (tertiary/aromatic N) is 4. The molecule has 3 heterocycles. The second-order valence-electron chi connectivity index (χ2n) is 5.45. The lowest BCUT2D eigenvalue weighted by Crippen LogP contribution is -2.29. The number of hydrogen-bond acceptors (Lipinski definition) is 6. The van der Waals surface area contributed by atoms with Crippen LogP contribution in [-0.2, 0) is 4.79 Å². The molecule has 0 radical (unpaired) electrons. The van der Waals surface area contributed by atoms with Crippen molar-refractivity contribution in [2.75, 3.05) is 12.0 Å². The van der Waals surface area contributed by atoms with Gasteiger partial charge in [-0.2, -0.15) is 11.8 Å². The van der Waals surface area contributed by atoms with Gasteiger partial charge in [0.15, 0.2) is 11.5 Å². The number of nitrogens with one attached hydrogen (secondary N) is 1. The molecule has 0 aliphatic carbocycles. The maximum absolute atomic E-state index is 12.3. The number of thioether (sulfide) groups is 1. The predicted octanol–water partition coefficient (Wildman–Crippen LogP) is 3.12. The molecule has 0 aromatic carbocycles. The number of fused-ring (bicyclic) bond motifs is 1. The van der Waals surface area contributed by atoms with E-state index >= 15 is 0 Å². The molecule has 3 rings (SSSR count). The second kappa shape index (κ2) is 8.26. The van der Waals surface area contributed by atoms with Crippen molar-refractivity contribution in [1.82, 2.24) is 24.9 Å². The number of thiazole rings is 1. The standard InChI is InChI=1S/C17H19N5OS2/c1-12-18-13(11-25-12)6-7-16(23)19-14(8-10-24-2)17-21-20-15-5-3-4-9-22(15)17/h3-7,9,11,14H,8,10H2,1-2H3,(H,19,23)/b7-6+. The van der Waals surface area contributed by atoms with Gasteiger partial charge in [0, 0.05) is 17.7 Å². The number of carbonyl (C=O) groups is 1. The van der Waals surface area contributed by atoms with E-state index in [-0.39, 0.29) is 11.9 Å². The number of pyridine rings is 1. The number of aromatic nitrogens is 4. The first-order valence-electron chi connectivity index (χ1n) is 7.86. The summed E-state index contributed by atoms with van der Waals surface area (Å²) in [6.07, 6.45) is 7.99. The Balaban J connectivity index is 1.76. The van der Waals surface area contributed by atoms with Crippen molar-refractivity contribution in [2.24, 2.45) is 0 Å². The lowest BCUT2D eigenvalue weighted by Gasteiger charge is -2.15. The molecule has 0 aliphatic rings. The van der Waals surface area contributed by atoms with Gasteiger partial charge in [-0.3, -0.25) is 9.20 Å². The third kappa shape index (κ3) is 4.46. The van der Waals surface area contributed by atoms with Gasteiger partial charge in [0.25, 0.3) is 0 Å². The van der Waals surface area contributed by atoms with Crippen LogP contribution in [0.25, 0.3) is 11.7 Å². The maximum Gasteiger partial charge on any atom is 0.244 e. The number of hydrogen-bond donors (Lipinski definition) is 1. The highest BCUT2D eigenvalue weighted by Gasteiger charge is 2.19. The van der Waals surface area contributed by atoms with E-state index in [1.807, 2.05) is 47.4 Å². The predicted molar refractivity (Wildman–Crippen MR) is 103 cm³/mol. The van der Waals surface area contributed by atoms with Crippen LogP contribution in [0.4, 0.5) is 0 Å². The van der Waals surface area contributed by atoms with Gasteiger partial charge >= 0.3 is 0 Å². The summed E-state index contributed by atoms with van der Waals surface area (Å²) < 4.78 is 1.92. The molecule has 3 aromatic rings. The minimum absolute atomic E-state index is 0.163. The summed E-state index contributed by atoms with van der Waals surface area (Å²) in [6.45, 7) is 1.94. The third-order valence-electron chi connectivity index (χ3n) is 3.62. The third-order valence-corrected chi connectivity index (χ3v) is 5.06. The molecule has 25 heavy (non-hydrogen) atoms.